The minimum Gasteiger partial charge on any atom is -0.465 e. The minimum atomic E-state index is -0.837. The molecule has 17 heavy (non-hydrogen) atoms. The molecule has 1 amide bonds. The van der Waals surface area contributed by atoms with E-state index < -0.39 is 6.09 Å². The van der Waals surface area contributed by atoms with E-state index in [4.69, 9.17) is 0 Å². The Morgan fingerprint density at radius 2 is 2.06 bits per heavy atom. The van der Waals surface area contributed by atoms with Gasteiger partial charge in [0, 0.05) is 11.7 Å². The third-order valence-electron chi connectivity index (χ3n) is 2.92. The molecule has 1 aliphatic carbocycles. The van der Waals surface area contributed by atoms with Gasteiger partial charge >= 0.3 is 6.09 Å². The third-order valence-corrected chi connectivity index (χ3v) is 2.92. The first-order valence-corrected chi connectivity index (χ1v) is 6.00. The van der Waals surface area contributed by atoms with E-state index in [0.29, 0.717) is 0 Å². The van der Waals surface area contributed by atoms with E-state index in [1.54, 1.807) is 0 Å². The normalized spacial score (nSPS) is 15.7. The zero-order valence-electron chi connectivity index (χ0n) is 9.97. The predicted molar refractivity (Wildman–Crippen MR) is 67.6 cm³/mol. The maximum Gasteiger partial charge on any atom is 0.411 e. The van der Waals surface area contributed by atoms with Crippen LogP contribution in [-0.4, -0.2) is 22.1 Å². The Labute approximate surface area is 101 Å². The van der Waals surface area contributed by atoms with Crippen LogP contribution in [0.15, 0.2) is 36.0 Å². The van der Waals surface area contributed by atoms with Gasteiger partial charge in [0.2, 0.25) is 0 Å². The molecule has 0 atom stereocenters. The van der Waals surface area contributed by atoms with Gasteiger partial charge in [-0.25, -0.2) is 4.79 Å². The largest absolute Gasteiger partial charge is 0.465 e. The standard InChI is InChI=1S/C14H17NO2/c1-2-12(10-11-6-4-3-5-7-11)15(14(16)17)13-8-9-13/h3-7,10,13H,2,8-9H2,1H3,(H,16,17)/b12-10+. The highest BCUT2D eigenvalue weighted by molar-refractivity contribution is 5.71. The van der Waals surface area contributed by atoms with Gasteiger partial charge in [-0.1, -0.05) is 37.3 Å². The second-order valence-corrected chi connectivity index (χ2v) is 4.28. The van der Waals surface area contributed by atoms with Gasteiger partial charge in [-0.2, -0.15) is 0 Å². The number of carboxylic acid groups (broad SMARTS) is 1. The highest BCUT2D eigenvalue weighted by atomic mass is 16.4. The lowest BCUT2D eigenvalue weighted by Gasteiger charge is -2.21. The fourth-order valence-electron chi connectivity index (χ4n) is 1.93. The number of amides is 1. The average molecular weight is 231 g/mol. The van der Waals surface area contributed by atoms with Crippen LogP contribution in [0.1, 0.15) is 31.7 Å². The third kappa shape index (κ3) is 2.87. The zero-order chi connectivity index (χ0) is 12.3. The van der Waals surface area contributed by atoms with E-state index in [9.17, 15) is 9.90 Å². The Morgan fingerprint density at radius 3 is 2.53 bits per heavy atom. The summed E-state index contributed by atoms with van der Waals surface area (Å²) in [4.78, 5) is 12.8. The molecule has 3 nitrogen and oxygen atoms in total. The van der Waals surface area contributed by atoms with E-state index >= 15 is 0 Å². The molecule has 0 bridgehead atoms. The molecule has 3 heteroatoms. The van der Waals surface area contributed by atoms with Gasteiger partial charge in [0.25, 0.3) is 0 Å². The Morgan fingerprint density at radius 1 is 1.41 bits per heavy atom. The molecule has 1 saturated carbocycles. The lowest BCUT2D eigenvalue weighted by Crippen LogP contribution is -2.30. The Bertz CT molecular complexity index is 421. The minimum absolute atomic E-state index is 0.197. The molecule has 0 radical (unpaired) electrons. The van der Waals surface area contributed by atoms with Gasteiger partial charge in [0.05, 0.1) is 0 Å². The van der Waals surface area contributed by atoms with Crippen molar-refractivity contribution in [2.45, 2.75) is 32.2 Å². The summed E-state index contributed by atoms with van der Waals surface area (Å²) in [6.07, 6.45) is 3.83. The van der Waals surface area contributed by atoms with Crippen molar-refractivity contribution < 1.29 is 9.90 Å². The second kappa shape index (κ2) is 5.04. The van der Waals surface area contributed by atoms with Crippen molar-refractivity contribution in [3.05, 3.63) is 41.6 Å². The van der Waals surface area contributed by atoms with Gasteiger partial charge in [0.15, 0.2) is 0 Å². The molecule has 0 heterocycles. The predicted octanol–water partition coefficient (Wildman–Crippen LogP) is 3.58. The summed E-state index contributed by atoms with van der Waals surface area (Å²) >= 11 is 0. The SMILES string of the molecule is CC/C(=C\c1ccccc1)N(C(=O)O)C1CC1. The molecule has 0 spiro atoms. The van der Waals surface area contributed by atoms with Gasteiger partial charge in [-0.05, 0) is 30.9 Å². The van der Waals surface area contributed by atoms with Crippen LogP contribution in [-0.2, 0) is 0 Å². The highest BCUT2D eigenvalue weighted by Gasteiger charge is 2.34. The molecule has 0 aromatic heterocycles. The number of carbonyl (C=O) groups is 1. The van der Waals surface area contributed by atoms with Crippen LogP contribution in [0.5, 0.6) is 0 Å². The summed E-state index contributed by atoms with van der Waals surface area (Å²) in [5.41, 5.74) is 1.93. The Balaban J connectivity index is 2.25. The average Bonchev–Trinajstić information content (AvgIpc) is 3.13. The van der Waals surface area contributed by atoms with Crippen LogP contribution in [0.4, 0.5) is 4.79 Å². The van der Waals surface area contributed by atoms with Gasteiger partial charge in [-0.3, -0.25) is 4.90 Å². The molecule has 1 aromatic carbocycles. The fourth-order valence-corrected chi connectivity index (χ4v) is 1.93. The number of allylic oxidation sites excluding steroid dienone is 1. The summed E-state index contributed by atoms with van der Waals surface area (Å²) in [6.45, 7) is 1.99. The van der Waals surface area contributed by atoms with Gasteiger partial charge in [0.1, 0.15) is 0 Å². The van der Waals surface area contributed by atoms with E-state index in [0.717, 1.165) is 30.5 Å². The summed E-state index contributed by atoms with van der Waals surface area (Å²) in [5.74, 6) is 0. The summed E-state index contributed by atoms with van der Waals surface area (Å²) < 4.78 is 0. The molecule has 0 aliphatic heterocycles. The van der Waals surface area contributed by atoms with Crippen LogP contribution < -0.4 is 0 Å². The maximum absolute atomic E-state index is 11.3. The van der Waals surface area contributed by atoms with Crippen LogP contribution in [0.25, 0.3) is 6.08 Å². The lowest BCUT2D eigenvalue weighted by molar-refractivity contribution is 0.155. The Hall–Kier alpha value is -1.77. The summed E-state index contributed by atoms with van der Waals surface area (Å²) in [6, 6.07) is 10.1. The summed E-state index contributed by atoms with van der Waals surface area (Å²) in [5, 5.41) is 9.25. The van der Waals surface area contributed by atoms with Crippen molar-refractivity contribution >= 4 is 12.2 Å². The molecular weight excluding hydrogens is 214 g/mol. The van der Waals surface area contributed by atoms with Crippen molar-refractivity contribution in [1.29, 1.82) is 0 Å². The van der Waals surface area contributed by atoms with Crippen molar-refractivity contribution in [2.24, 2.45) is 0 Å². The quantitative estimate of drug-likeness (QED) is 0.860. The number of benzene rings is 1. The topological polar surface area (TPSA) is 40.5 Å². The number of hydrogen-bond acceptors (Lipinski definition) is 1. The van der Waals surface area contributed by atoms with Gasteiger partial charge in [-0.15, -0.1) is 0 Å². The van der Waals surface area contributed by atoms with Crippen LogP contribution in [0.2, 0.25) is 0 Å². The molecule has 1 aromatic rings. The molecule has 0 unspecified atom stereocenters. The number of rotatable bonds is 4. The molecule has 1 fully saturated rings. The smallest absolute Gasteiger partial charge is 0.411 e. The summed E-state index contributed by atoms with van der Waals surface area (Å²) in [7, 11) is 0. The van der Waals surface area contributed by atoms with Crippen molar-refractivity contribution in [3.63, 3.8) is 0 Å². The first-order valence-electron chi connectivity index (χ1n) is 6.00. The number of hydrogen-bond donors (Lipinski definition) is 1. The Kier molecular flexibility index (Phi) is 3.47. The fraction of sp³-hybridized carbons (Fsp3) is 0.357. The van der Waals surface area contributed by atoms with Crippen molar-refractivity contribution in [3.8, 4) is 0 Å². The van der Waals surface area contributed by atoms with Gasteiger partial charge < -0.3 is 5.11 Å². The van der Waals surface area contributed by atoms with Crippen LogP contribution >= 0.6 is 0 Å². The van der Waals surface area contributed by atoms with Crippen LogP contribution in [0.3, 0.4) is 0 Å². The van der Waals surface area contributed by atoms with E-state index in [-0.39, 0.29) is 6.04 Å². The van der Waals surface area contributed by atoms with E-state index in [2.05, 4.69) is 0 Å². The zero-order valence-corrected chi connectivity index (χ0v) is 9.97. The molecule has 1 N–H and O–H groups in total. The molecule has 0 saturated heterocycles. The van der Waals surface area contributed by atoms with E-state index in [1.165, 1.54) is 4.90 Å². The van der Waals surface area contributed by atoms with Crippen molar-refractivity contribution in [1.82, 2.24) is 4.90 Å². The first-order chi connectivity index (χ1) is 8.22. The van der Waals surface area contributed by atoms with E-state index in [1.807, 2.05) is 43.3 Å². The van der Waals surface area contributed by atoms with Crippen LogP contribution in [0, 0.1) is 0 Å². The molecular formula is C14H17NO2. The molecule has 1 aliphatic rings. The molecule has 90 valence electrons. The van der Waals surface area contributed by atoms with Crippen molar-refractivity contribution in [2.75, 3.05) is 0 Å². The monoisotopic (exact) mass is 231 g/mol. The highest BCUT2D eigenvalue weighted by Crippen LogP contribution is 2.31. The number of nitrogens with zero attached hydrogens (tertiary/aromatic N) is 1. The second-order valence-electron chi connectivity index (χ2n) is 4.28. The molecule has 2 rings (SSSR count). The lowest BCUT2D eigenvalue weighted by atomic mass is 10.1. The first kappa shape index (κ1) is 11.7. The maximum atomic E-state index is 11.3.